The van der Waals surface area contributed by atoms with E-state index in [9.17, 15) is 22.4 Å². The van der Waals surface area contributed by atoms with Gasteiger partial charge in [-0.05, 0) is 18.9 Å². The number of hydrogen-bond acceptors (Lipinski definition) is 8. The molecule has 1 unspecified atom stereocenters. The Morgan fingerprint density at radius 1 is 1.31 bits per heavy atom. The lowest BCUT2D eigenvalue weighted by atomic mass is 10.2. The molecule has 14 heteroatoms. The SMILES string of the molecule is CN(CCCCc1nc2c3cc(F)cc(F)c3nc(N)n2n1)C(=O)C1NN=C(C(F)F)O1. The summed E-state index contributed by atoms with van der Waals surface area (Å²) in [5, 5.41) is 7.67. The number of anilines is 1. The Labute approximate surface area is 178 Å². The predicted octanol–water partition coefficient (Wildman–Crippen LogP) is 1.44. The number of halogens is 4. The monoisotopic (exact) mass is 454 g/mol. The van der Waals surface area contributed by atoms with Crippen molar-refractivity contribution in [3.05, 3.63) is 29.6 Å². The number of likely N-dealkylation sites (N-methyl/N-ethyl adjacent to an activating group) is 1. The second kappa shape index (κ2) is 8.43. The highest BCUT2D eigenvalue weighted by atomic mass is 19.3. The molecule has 0 spiro atoms. The van der Waals surface area contributed by atoms with Gasteiger partial charge in [0.05, 0.1) is 5.39 Å². The number of hydrogen-bond donors (Lipinski definition) is 2. The van der Waals surface area contributed by atoms with Crippen LogP contribution in [0.25, 0.3) is 16.6 Å². The molecule has 0 fully saturated rings. The lowest BCUT2D eigenvalue weighted by Gasteiger charge is -2.20. The largest absolute Gasteiger partial charge is 0.440 e. The standard InChI is InChI=1S/C18H18F4N8O2/c1-29(17(31)16-27-26-15(32-16)13(21)22)5-3-2-4-11-24-14-9-6-8(19)7-10(20)12(9)25-18(23)30(14)28-11/h6-7,13,16,27H,2-5H2,1H3,(H2,23,25). The molecule has 0 aliphatic carbocycles. The summed E-state index contributed by atoms with van der Waals surface area (Å²) in [6.07, 6.45) is -2.67. The Bertz CT molecular complexity index is 1210. The summed E-state index contributed by atoms with van der Waals surface area (Å²) in [5.74, 6) is -2.68. The summed E-state index contributed by atoms with van der Waals surface area (Å²) in [6, 6.07) is 1.83. The number of ether oxygens (including phenoxy) is 1. The number of nitrogen functional groups attached to an aromatic ring is 1. The first-order chi connectivity index (χ1) is 15.2. The van der Waals surface area contributed by atoms with Gasteiger partial charge in [0.1, 0.15) is 11.3 Å². The molecule has 2 aromatic heterocycles. The van der Waals surface area contributed by atoms with Gasteiger partial charge in [0.15, 0.2) is 17.3 Å². The molecule has 0 bridgehead atoms. The first-order valence-electron chi connectivity index (χ1n) is 9.57. The average molecular weight is 454 g/mol. The number of nitrogens with two attached hydrogens (primary N) is 1. The number of nitrogens with one attached hydrogen (secondary N) is 1. The molecule has 1 aliphatic heterocycles. The van der Waals surface area contributed by atoms with E-state index in [1.807, 2.05) is 0 Å². The highest BCUT2D eigenvalue weighted by Gasteiger charge is 2.32. The number of aryl methyl sites for hydroxylation is 1. The van der Waals surface area contributed by atoms with Crippen molar-refractivity contribution in [2.24, 2.45) is 5.10 Å². The van der Waals surface area contributed by atoms with Crippen LogP contribution in [0.2, 0.25) is 0 Å². The van der Waals surface area contributed by atoms with Crippen molar-refractivity contribution in [1.82, 2.24) is 29.9 Å². The summed E-state index contributed by atoms with van der Waals surface area (Å²) < 4.78 is 58.7. The van der Waals surface area contributed by atoms with Gasteiger partial charge in [0, 0.05) is 26.1 Å². The Kier molecular flexibility index (Phi) is 5.67. The van der Waals surface area contributed by atoms with Crippen LogP contribution in [-0.2, 0) is 16.0 Å². The van der Waals surface area contributed by atoms with Crippen LogP contribution in [-0.4, -0.2) is 62.5 Å². The molecule has 1 aromatic carbocycles. The minimum absolute atomic E-state index is 0.0865. The van der Waals surface area contributed by atoms with Gasteiger partial charge in [0.2, 0.25) is 5.95 Å². The molecule has 3 aromatic rings. The molecule has 0 radical (unpaired) electrons. The van der Waals surface area contributed by atoms with Gasteiger partial charge in [-0.2, -0.15) is 13.3 Å². The van der Waals surface area contributed by atoms with Crippen molar-refractivity contribution in [2.75, 3.05) is 19.3 Å². The fourth-order valence-corrected chi connectivity index (χ4v) is 3.25. The van der Waals surface area contributed by atoms with Gasteiger partial charge in [-0.15, -0.1) is 10.2 Å². The normalized spacial score (nSPS) is 15.8. The zero-order valence-corrected chi connectivity index (χ0v) is 16.7. The highest BCUT2D eigenvalue weighted by molar-refractivity contribution is 5.92. The third-order valence-corrected chi connectivity index (χ3v) is 4.83. The van der Waals surface area contributed by atoms with Crippen molar-refractivity contribution >= 4 is 34.3 Å². The van der Waals surface area contributed by atoms with Crippen molar-refractivity contribution in [3.63, 3.8) is 0 Å². The van der Waals surface area contributed by atoms with E-state index in [1.54, 1.807) is 0 Å². The Balaban J connectivity index is 1.36. The first kappa shape index (κ1) is 21.5. The van der Waals surface area contributed by atoms with Crippen molar-refractivity contribution < 1.29 is 27.1 Å². The fraction of sp³-hybridized carbons (Fsp3) is 0.389. The molecule has 1 atom stereocenters. The molecule has 3 heterocycles. The number of amides is 1. The maximum absolute atomic E-state index is 14.0. The van der Waals surface area contributed by atoms with Gasteiger partial charge in [0.25, 0.3) is 18.0 Å². The highest BCUT2D eigenvalue weighted by Crippen LogP contribution is 2.23. The molecular weight excluding hydrogens is 436 g/mol. The third kappa shape index (κ3) is 4.07. The maximum Gasteiger partial charge on any atom is 0.314 e. The number of aromatic nitrogens is 4. The van der Waals surface area contributed by atoms with E-state index in [2.05, 4.69) is 25.6 Å². The zero-order chi connectivity index (χ0) is 23.0. The van der Waals surface area contributed by atoms with E-state index in [1.165, 1.54) is 16.5 Å². The van der Waals surface area contributed by atoms with Crippen LogP contribution in [0.3, 0.4) is 0 Å². The summed E-state index contributed by atoms with van der Waals surface area (Å²) in [4.78, 5) is 21.8. The van der Waals surface area contributed by atoms with Crippen LogP contribution in [0, 0.1) is 11.6 Å². The molecular formula is C18H18F4N8O2. The molecule has 1 aliphatic rings. The predicted molar refractivity (Wildman–Crippen MR) is 105 cm³/mol. The molecule has 1 amide bonds. The lowest BCUT2D eigenvalue weighted by molar-refractivity contribution is -0.138. The van der Waals surface area contributed by atoms with E-state index in [0.29, 0.717) is 37.7 Å². The Hall–Kier alpha value is -3.71. The molecule has 170 valence electrons. The fourth-order valence-electron chi connectivity index (χ4n) is 3.25. The van der Waals surface area contributed by atoms with E-state index in [-0.39, 0.29) is 22.5 Å². The minimum Gasteiger partial charge on any atom is -0.440 e. The molecule has 0 saturated carbocycles. The van der Waals surface area contributed by atoms with Gasteiger partial charge in [-0.3, -0.25) is 10.2 Å². The smallest absolute Gasteiger partial charge is 0.314 e. The van der Waals surface area contributed by atoms with Gasteiger partial charge in [-0.1, -0.05) is 0 Å². The van der Waals surface area contributed by atoms with Crippen LogP contribution in [0.15, 0.2) is 17.2 Å². The molecule has 10 nitrogen and oxygen atoms in total. The number of carbonyl (C=O) groups is 1. The molecule has 3 N–H and O–H groups in total. The minimum atomic E-state index is -2.90. The van der Waals surface area contributed by atoms with E-state index >= 15 is 0 Å². The number of nitrogens with zero attached hydrogens (tertiary/aromatic N) is 6. The molecule has 32 heavy (non-hydrogen) atoms. The van der Waals surface area contributed by atoms with Crippen molar-refractivity contribution in [2.45, 2.75) is 31.9 Å². The quantitative estimate of drug-likeness (QED) is 0.409. The first-order valence-corrected chi connectivity index (χ1v) is 9.57. The summed E-state index contributed by atoms with van der Waals surface area (Å²) >= 11 is 0. The van der Waals surface area contributed by atoms with Crippen LogP contribution >= 0.6 is 0 Å². The van der Waals surface area contributed by atoms with E-state index < -0.39 is 36.1 Å². The van der Waals surface area contributed by atoms with E-state index in [4.69, 9.17) is 10.5 Å². The Morgan fingerprint density at radius 2 is 2.09 bits per heavy atom. The summed E-state index contributed by atoms with van der Waals surface area (Å²) in [5.41, 5.74) is 8.15. The number of rotatable bonds is 7. The van der Waals surface area contributed by atoms with Crippen LogP contribution in [0.5, 0.6) is 0 Å². The second-order valence-electron chi connectivity index (χ2n) is 7.11. The van der Waals surface area contributed by atoms with E-state index in [0.717, 1.165) is 6.07 Å². The van der Waals surface area contributed by atoms with Crippen LogP contribution in [0.4, 0.5) is 23.5 Å². The van der Waals surface area contributed by atoms with Gasteiger partial charge < -0.3 is 15.4 Å². The van der Waals surface area contributed by atoms with Crippen LogP contribution in [0.1, 0.15) is 18.7 Å². The molecule has 0 saturated heterocycles. The maximum atomic E-state index is 14.0. The Morgan fingerprint density at radius 3 is 2.81 bits per heavy atom. The van der Waals surface area contributed by atoms with Crippen LogP contribution < -0.4 is 11.2 Å². The number of carbonyl (C=O) groups excluding carboxylic acids is 1. The zero-order valence-electron chi connectivity index (χ0n) is 16.7. The topological polar surface area (TPSA) is 123 Å². The second-order valence-corrected chi connectivity index (χ2v) is 7.11. The van der Waals surface area contributed by atoms with Crippen molar-refractivity contribution in [3.8, 4) is 0 Å². The van der Waals surface area contributed by atoms with Gasteiger partial charge in [-0.25, -0.2) is 18.7 Å². The average Bonchev–Trinajstić information content (AvgIpc) is 3.39. The lowest BCUT2D eigenvalue weighted by Crippen LogP contribution is -2.43. The van der Waals surface area contributed by atoms with Crippen molar-refractivity contribution in [1.29, 1.82) is 0 Å². The number of hydrazone groups is 1. The van der Waals surface area contributed by atoms with Gasteiger partial charge >= 0.3 is 6.43 Å². The third-order valence-electron chi connectivity index (χ3n) is 4.83. The summed E-state index contributed by atoms with van der Waals surface area (Å²) in [6.45, 7) is 0.320. The molecule has 4 rings (SSSR count). The number of unbranched alkanes of at least 4 members (excludes halogenated alkanes) is 1. The number of benzene rings is 1. The number of fused-ring (bicyclic) bond motifs is 3. The number of alkyl halides is 2. The summed E-state index contributed by atoms with van der Waals surface area (Å²) in [7, 11) is 1.51.